The summed E-state index contributed by atoms with van der Waals surface area (Å²) in [5.41, 5.74) is 1.29. The van der Waals surface area contributed by atoms with E-state index in [2.05, 4.69) is 61.8 Å². The van der Waals surface area contributed by atoms with Gasteiger partial charge >= 0.3 is 7.12 Å². The van der Waals surface area contributed by atoms with Crippen LogP contribution >= 0.6 is 0 Å². The highest BCUT2D eigenvalue weighted by Crippen LogP contribution is 2.36. The van der Waals surface area contributed by atoms with Crippen LogP contribution in [0.1, 0.15) is 47.1 Å². The molecule has 0 aliphatic carbocycles. The van der Waals surface area contributed by atoms with Gasteiger partial charge in [-0.15, -0.1) is 0 Å². The lowest BCUT2D eigenvalue weighted by Crippen LogP contribution is -2.50. The second kappa shape index (κ2) is 8.38. The van der Waals surface area contributed by atoms with Crippen molar-refractivity contribution >= 4 is 19.1 Å². The van der Waals surface area contributed by atoms with Crippen LogP contribution in [0.3, 0.4) is 0 Å². The lowest BCUT2D eigenvalue weighted by atomic mass is 9.79. The maximum atomic E-state index is 10.6. The first-order chi connectivity index (χ1) is 13.5. The molecular weight excluding hydrogens is 367 g/mol. The number of benzene rings is 1. The fraction of sp³-hybridized carbons (Fsp3) is 0.682. The number of hydrogen-bond acceptors (Lipinski definition) is 6. The molecule has 2 aliphatic heterocycles. The molecule has 29 heavy (non-hydrogen) atoms. The highest BCUT2D eigenvalue weighted by Gasteiger charge is 2.51. The van der Waals surface area contributed by atoms with E-state index < -0.39 is 5.60 Å². The van der Waals surface area contributed by atoms with E-state index in [0.717, 1.165) is 44.7 Å². The molecule has 1 aromatic rings. The van der Waals surface area contributed by atoms with E-state index in [1.165, 1.54) is 5.56 Å². The minimum Gasteiger partial charge on any atom is -0.461 e. The van der Waals surface area contributed by atoms with Gasteiger partial charge in [-0.05, 0) is 52.6 Å². The monoisotopic (exact) mass is 402 g/mol. The zero-order chi connectivity index (χ0) is 21.3. The van der Waals surface area contributed by atoms with Gasteiger partial charge in [-0.3, -0.25) is 14.6 Å². The standard InChI is InChI=1S/C22H35BN2O4/c1-20(2,27-17-26)16-25-13-11-24(12-14-25)15-18-7-9-19(10-8-18)23-28-21(3,4)22(5,6)29-23/h7-10,17H,11-16H2,1-6H3. The predicted molar refractivity (Wildman–Crippen MR) is 115 cm³/mol. The third-order valence-corrected chi connectivity index (χ3v) is 6.35. The molecule has 6 nitrogen and oxygen atoms in total. The molecule has 0 spiro atoms. The highest BCUT2D eigenvalue weighted by atomic mass is 16.7. The van der Waals surface area contributed by atoms with E-state index in [0.29, 0.717) is 6.47 Å². The Hall–Kier alpha value is -1.41. The summed E-state index contributed by atoms with van der Waals surface area (Å²) < 4.78 is 17.5. The minimum absolute atomic E-state index is 0.311. The van der Waals surface area contributed by atoms with E-state index in [1.807, 2.05) is 13.8 Å². The number of carbonyl (C=O) groups excluding carboxylic acids is 1. The Morgan fingerprint density at radius 3 is 2.03 bits per heavy atom. The fourth-order valence-electron chi connectivity index (χ4n) is 3.83. The van der Waals surface area contributed by atoms with Gasteiger partial charge in [-0.2, -0.15) is 0 Å². The van der Waals surface area contributed by atoms with Crippen molar-refractivity contribution < 1.29 is 18.8 Å². The summed E-state index contributed by atoms with van der Waals surface area (Å²) in [6.45, 7) is 18.4. The fourth-order valence-corrected chi connectivity index (χ4v) is 3.83. The van der Waals surface area contributed by atoms with E-state index in [1.54, 1.807) is 0 Å². The second-order valence-corrected chi connectivity index (χ2v) is 9.86. The van der Waals surface area contributed by atoms with Gasteiger partial charge in [-0.1, -0.05) is 24.3 Å². The van der Waals surface area contributed by atoms with Gasteiger partial charge in [0.05, 0.1) is 11.2 Å². The summed E-state index contributed by atoms with van der Waals surface area (Å²) in [4.78, 5) is 15.5. The van der Waals surface area contributed by atoms with E-state index >= 15 is 0 Å². The lowest BCUT2D eigenvalue weighted by molar-refractivity contribution is -0.142. The van der Waals surface area contributed by atoms with Crippen LogP contribution in [0.25, 0.3) is 0 Å². The quantitative estimate of drug-likeness (QED) is 0.514. The SMILES string of the molecule is CC(C)(CN1CCN(Cc2ccc(B3OC(C)(C)C(C)(C)O3)cc2)CC1)OC=O. The number of carbonyl (C=O) groups is 1. The van der Waals surface area contributed by atoms with Crippen LogP contribution in [-0.2, 0) is 25.4 Å². The first kappa shape index (κ1) is 22.3. The number of nitrogens with zero attached hydrogens (tertiary/aromatic N) is 2. The molecule has 0 bridgehead atoms. The Kier molecular flexibility index (Phi) is 6.44. The van der Waals surface area contributed by atoms with Crippen molar-refractivity contribution in [1.29, 1.82) is 0 Å². The number of hydrogen-bond donors (Lipinski definition) is 0. The Labute approximate surface area is 175 Å². The molecule has 1 aromatic carbocycles. The van der Waals surface area contributed by atoms with Gasteiger partial charge in [0, 0.05) is 39.3 Å². The third-order valence-electron chi connectivity index (χ3n) is 6.35. The molecule has 2 saturated heterocycles. The normalized spacial score (nSPS) is 22.6. The van der Waals surface area contributed by atoms with Crippen molar-refractivity contribution in [2.45, 2.75) is 64.9 Å². The van der Waals surface area contributed by atoms with E-state index in [-0.39, 0.29) is 18.3 Å². The molecule has 0 saturated carbocycles. The Bertz CT molecular complexity index is 681. The van der Waals surface area contributed by atoms with Crippen LogP contribution in [0.4, 0.5) is 0 Å². The van der Waals surface area contributed by atoms with Gasteiger partial charge in [0.25, 0.3) is 6.47 Å². The molecule has 0 aromatic heterocycles. The van der Waals surface area contributed by atoms with Crippen molar-refractivity contribution in [1.82, 2.24) is 9.80 Å². The first-order valence-electron chi connectivity index (χ1n) is 10.5. The number of ether oxygens (including phenoxy) is 1. The summed E-state index contributed by atoms with van der Waals surface area (Å²) in [5.74, 6) is 0. The molecule has 3 rings (SSSR count). The van der Waals surface area contributed by atoms with Crippen molar-refractivity contribution in [3.8, 4) is 0 Å². The third kappa shape index (κ3) is 5.40. The topological polar surface area (TPSA) is 51.2 Å². The minimum atomic E-state index is -0.437. The Morgan fingerprint density at radius 2 is 1.52 bits per heavy atom. The molecule has 160 valence electrons. The van der Waals surface area contributed by atoms with Crippen LogP contribution in [0, 0.1) is 0 Å². The summed E-state index contributed by atoms with van der Waals surface area (Å²) in [5, 5.41) is 0. The van der Waals surface area contributed by atoms with Gasteiger partial charge < -0.3 is 14.0 Å². The van der Waals surface area contributed by atoms with Crippen molar-refractivity contribution in [2.75, 3.05) is 32.7 Å². The molecular formula is C22H35BN2O4. The Morgan fingerprint density at radius 1 is 1.00 bits per heavy atom. The molecule has 0 amide bonds. The smallest absolute Gasteiger partial charge is 0.461 e. The molecule has 0 unspecified atom stereocenters. The summed E-state index contributed by atoms with van der Waals surface area (Å²) >= 11 is 0. The molecule has 2 fully saturated rings. The van der Waals surface area contributed by atoms with Crippen LogP contribution in [-0.4, -0.2) is 72.9 Å². The average molecular weight is 402 g/mol. The van der Waals surface area contributed by atoms with Gasteiger partial charge in [-0.25, -0.2) is 0 Å². The molecule has 2 aliphatic rings. The maximum absolute atomic E-state index is 10.6. The summed E-state index contributed by atoms with van der Waals surface area (Å²) in [6, 6.07) is 8.58. The van der Waals surface area contributed by atoms with E-state index in [4.69, 9.17) is 14.0 Å². The van der Waals surface area contributed by atoms with Crippen LogP contribution in [0.2, 0.25) is 0 Å². The Balaban J connectivity index is 1.50. The van der Waals surface area contributed by atoms with Crippen LogP contribution in [0.15, 0.2) is 24.3 Å². The van der Waals surface area contributed by atoms with Crippen molar-refractivity contribution in [3.63, 3.8) is 0 Å². The average Bonchev–Trinajstić information content (AvgIpc) is 2.84. The number of rotatable bonds is 7. The van der Waals surface area contributed by atoms with Gasteiger partial charge in [0.1, 0.15) is 5.60 Å². The largest absolute Gasteiger partial charge is 0.494 e. The molecule has 0 radical (unpaired) electrons. The van der Waals surface area contributed by atoms with Crippen LogP contribution < -0.4 is 5.46 Å². The predicted octanol–water partition coefficient (Wildman–Crippen LogP) is 2.05. The molecule has 2 heterocycles. The molecule has 0 atom stereocenters. The molecule has 7 heteroatoms. The zero-order valence-corrected chi connectivity index (χ0v) is 18.7. The summed E-state index contributed by atoms with van der Waals surface area (Å²) in [6.07, 6.45) is 0. The highest BCUT2D eigenvalue weighted by molar-refractivity contribution is 6.62. The van der Waals surface area contributed by atoms with Crippen LogP contribution in [0.5, 0.6) is 0 Å². The molecule has 0 N–H and O–H groups in total. The maximum Gasteiger partial charge on any atom is 0.494 e. The number of piperazine rings is 1. The van der Waals surface area contributed by atoms with Crippen molar-refractivity contribution in [2.24, 2.45) is 0 Å². The lowest BCUT2D eigenvalue weighted by Gasteiger charge is -2.38. The first-order valence-corrected chi connectivity index (χ1v) is 10.5. The van der Waals surface area contributed by atoms with Crippen molar-refractivity contribution in [3.05, 3.63) is 29.8 Å². The zero-order valence-electron chi connectivity index (χ0n) is 18.7. The van der Waals surface area contributed by atoms with Gasteiger partial charge in [0.15, 0.2) is 0 Å². The second-order valence-electron chi connectivity index (χ2n) is 9.86. The van der Waals surface area contributed by atoms with Gasteiger partial charge in [0.2, 0.25) is 0 Å². The summed E-state index contributed by atoms with van der Waals surface area (Å²) in [7, 11) is -0.311. The van der Waals surface area contributed by atoms with E-state index in [9.17, 15) is 4.79 Å².